The van der Waals surface area contributed by atoms with Crippen molar-refractivity contribution in [2.24, 2.45) is 10.1 Å². The van der Waals surface area contributed by atoms with Gasteiger partial charge in [0.15, 0.2) is 0 Å². The zero-order chi connectivity index (χ0) is 22.1. The molecular weight excluding hydrogens is 438 g/mol. The summed E-state index contributed by atoms with van der Waals surface area (Å²) in [6.45, 7) is 11.1. The zero-order valence-corrected chi connectivity index (χ0v) is 19.9. The molecule has 2 rings (SSSR count). The third-order valence-electron chi connectivity index (χ3n) is 4.48. The highest BCUT2D eigenvalue weighted by atomic mass is 79.9. The molecule has 0 aliphatic rings. The highest BCUT2D eigenvalue weighted by Gasteiger charge is 2.14. The Kier molecular flexibility index (Phi) is 8.54. The van der Waals surface area contributed by atoms with Crippen LogP contribution in [0.5, 0.6) is 0 Å². The van der Waals surface area contributed by atoms with Gasteiger partial charge in [0, 0.05) is 43.6 Å². The lowest BCUT2D eigenvalue weighted by Crippen LogP contribution is -2.26. The monoisotopic (exact) mass is 467 g/mol. The fraction of sp³-hybridized carbons (Fsp3) is 0.292. The van der Waals surface area contributed by atoms with Crippen molar-refractivity contribution in [1.82, 2.24) is 15.3 Å². The molecule has 1 aromatic heterocycles. The first-order valence-electron chi connectivity index (χ1n) is 9.75. The lowest BCUT2D eigenvalue weighted by molar-refractivity contribution is 0.408. The Labute approximate surface area is 188 Å². The van der Waals surface area contributed by atoms with Gasteiger partial charge in [0.1, 0.15) is 5.82 Å². The maximum atomic E-state index is 4.51. The first-order valence-corrected chi connectivity index (χ1v) is 10.5. The minimum absolute atomic E-state index is 0.112. The molecule has 2 aromatic rings. The molecule has 6 heteroatoms. The lowest BCUT2D eigenvalue weighted by atomic mass is 9.86. The normalized spacial score (nSPS) is 12.9. The molecule has 1 aromatic carbocycles. The van der Waals surface area contributed by atoms with Crippen LogP contribution in [0.25, 0.3) is 0 Å². The molecule has 0 aliphatic heterocycles. The number of rotatable bonds is 8. The molecule has 0 amide bonds. The Bertz CT molecular complexity index is 922. The number of benzene rings is 1. The number of nitrogens with one attached hydrogen (secondary N) is 1. The van der Waals surface area contributed by atoms with E-state index in [1.54, 1.807) is 24.5 Å². The minimum Gasteiger partial charge on any atom is -0.366 e. The summed E-state index contributed by atoms with van der Waals surface area (Å²) in [4.78, 5) is 8.68. The highest BCUT2D eigenvalue weighted by molar-refractivity contribution is 9.12. The average Bonchev–Trinajstić information content (AvgIpc) is 2.72. The predicted octanol–water partition coefficient (Wildman–Crippen LogP) is 5.26. The first kappa shape index (κ1) is 23.5. The van der Waals surface area contributed by atoms with Crippen molar-refractivity contribution >= 4 is 27.9 Å². The first-order chi connectivity index (χ1) is 14.2. The molecule has 158 valence electrons. The maximum absolute atomic E-state index is 4.51. The van der Waals surface area contributed by atoms with Gasteiger partial charge in [0.2, 0.25) is 0 Å². The Morgan fingerprint density at radius 1 is 1.23 bits per heavy atom. The van der Waals surface area contributed by atoms with Crippen LogP contribution >= 0.6 is 15.9 Å². The van der Waals surface area contributed by atoms with Crippen molar-refractivity contribution < 1.29 is 0 Å². The number of hydrazone groups is 1. The molecule has 5 nitrogen and oxygen atoms in total. The molecule has 0 atom stereocenters. The highest BCUT2D eigenvalue weighted by Crippen LogP contribution is 2.22. The van der Waals surface area contributed by atoms with Crippen LogP contribution in [-0.2, 0) is 12.0 Å². The van der Waals surface area contributed by atoms with Crippen LogP contribution in [0.2, 0.25) is 0 Å². The number of pyridine rings is 1. The summed E-state index contributed by atoms with van der Waals surface area (Å²) in [7, 11) is 3.68. The molecule has 0 fully saturated rings. The fourth-order valence-electron chi connectivity index (χ4n) is 2.71. The van der Waals surface area contributed by atoms with Crippen molar-refractivity contribution in [1.29, 1.82) is 0 Å². The topological polar surface area (TPSA) is 52.9 Å². The number of nitrogens with zero attached hydrogens (tertiary/aromatic N) is 4. The Morgan fingerprint density at radius 3 is 2.47 bits per heavy atom. The van der Waals surface area contributed by atoms with Crippen LogP contribution in [0.1, 0.15) is 37.5 Å². The molecular formula is C24H30BrN5. The number of halogens is 1. The molecule has 1 N–H and O–H groups in total. The quantitative estimate of drug-likeness (QED) is 0.425. The van der Waals surface area contributed by atoms with E-state index in [-0.39, 0.29) is 5.41 Å². The van der Waals surface area contributed by atoms with E-state index in [0.717, 1.165) is 22.7 Å². The van der Waals surface area contributed by atoms with Crippen LogP contribution in [0.15, 0.2) is 81.8 Å². The van der Waals surface area contributed by atoms with Gasteiger partial charge in [0.25, 0.3) is 0 Å². The third kappa shape index (κ3) is 7.26. The zero-order valence-electron chi connectivity index (χ0n) is 18.4. The van der Waals surface area contributed by atoms with Crippen LogP contribution in [0.4, 0.5) is 0 Å². The van der Waals surface area contributed by atoms with Gasteiger partial charge < -0.3 is 5.32 Å². The number of aromatic nitrogens is 1. The Balaban J connectivity index is 2.32. The van der Waals surface area contributed by atoms with E-state index in [1.165, 1.54) is 5.56 Å². The van der Waals surface area contributed by atoms with Crippen molar-refractivity contribution in [3.05, 3.63) is 88.4 Å². The fourth-order valence-corrected chi connectivity index (χ4v) is 2.80. The third-order valence-corrected chi connectivity index (χ3v) is 4.68. The predicted molar refractivity (Wildman–Crippen MR) is 131 cm³/mol. The van der Waals surface area contributed by atoms with Crippen molar-refractivity contribution in [3.8, 4) is 0 Å². The second-order valence-corrected chi connectivity index (χ2v) is 8.91. The lowest BCUT2D eigenvalue weighted by Gasteiger charge is -2.20. The summed E-state index contributed by atoms with van der Waals surface area (Å²) in [6, 6.07) is 12.5. The molecule has 30 heavy (non-hydrogen) atoms. The van der Waals surface area contributed by atoms with Crippen molar-refractivity contribution in [2.75, 3.05) is 14.1 Å². The number of allylic oxidation sites excluding steroid dienone is 2. The Hall–Kier alpha value is -2.73. The van der Waals surface area contributed by atoms with Crippen LogP contribution in [0, 0.1) is 0 Å². The van der Waals surface area contributed by atoms with E-state index < -0.39 is 0 Å². The average molecular weight is 468 g/mol. The number of aliphatic imine (C=N–C) groups is 1. The summed E-state index contributed by atoms with van der Waals surface area (Å²) >= 11 is 3.31. The van der Waals surface area contributed by atoms with Gasteiger partial charge in [-0.3, -0.25) is 15.0 Å². The van der Waals surface area contributed by atoms with Crippen LogP contribution < -0.4 is 5.32 Å². The standard InChI is InChI=1S/C24H30BrN5/c1-18(25)15-29-30(6)23(28-17-19-8-7-13-27-16-19)14-22(26-5)20-9-11-21(12-10-20)24(2,3)4/h7-16,28H,1,17H2,2-6H3/b23-14-,26-22+,29-15-. The Morgan fingerprint density at radius 2 is 1.93 bits per heavy atom. The van der Waals surface area contributed by atoms with Gasteiger partial charge >= 0.3 is 0 Å². The summed E-state index contributed by atoms with van der Waals surface area (Å²) in [5.41, 5.74) is 4.40. The van der Waals surface area contributed by atoms with Gasteiger partial charge in [0.05, 0.1) is 11.9 Å². The van der Waals surface area contributed by atoms with E-state index in [4.69, 9.17) is 0 Å². The second kappa shape index (κ2) is 10.9. The van der Waals surface area contributed by atoms with Crippen molar-refractivity contribution in [2.45, 2.75) is 32.7 Å². The SMILES string of the molecule is C=C(Br)/C=N\N(C)/C(=C\C(=N/C)c1ccc(C(C)(C)C)cc1)NCc1cccnc1. The molecule has 0 radical (unpaired) electrons. The maximum Gasteiger partial charge on any atom is 0.124 e. The van der Waals surface area contributed by atoms with Crippen LogP contribution in [0.3, 0.4) is 0 Å². The smallest absolute Gasteiger partial charge is 0.124 e. The van der Waals surface area contributed by atoms with Crippen LogP contribution in [-0.4, -0.2) is 36.0 Å². The van der Waals surface area contributed by atoms with E-state index in [9.17, 15) is 0 Å². The molecule has 0 saturated carbocycles. The summed E-state index contributed by atoms with van der Waals surface area (Å²) in [5, 5.41) is 9.62. The van der Waals surface area contributed by atoms with Gasteiger partial charge in [-0.2, -0.15) is 5.10 Å². The second-order valence-electron chi connectivity index (χ2n) is 7.90. The molecule has 0 aliphatic carbocycles. The largest absolute Gasteiger partial charge is 0.366 e. The number of hydrogen-bond acceptors (Lipinski definition) is 5. The number of hydrogen-bond donors (Lipinski definition) is 1. The minimum atomic E-state index is 0.112. The van der Waals surface area contributed by atoms with E-state index in [0.29, 0.717) is 11.0 Å². The summed E-state index contributed by atoms with van der Waals surface area (Å²) in [5.74, 6) is 0.810. The van der Waals surface area contributed by atoms with Gasteiger partial charge in [-0.25, -0.2) is 0 Å². The van der Waals surface area contributed by atoms with Gasteiger partial charge in [-0.1, -0.05) is 57.7 Å². The van der Waals surface area contributed by atoms with Gasteiger partial charge in [-0.15, -0.1) is 0 Å². The summed E-state index contributed by atoms with van der Waals surface area (Å²) < 4.78 is 0.697. The molecule has 0 unspecified atom stereocenters. The van der Waals surface area contributed by atoms with E-state index in [1.807, 2.05) is 31.5 Å². The van der Waals surface area contributed by atoms with Crippen molar-refractivity contribution in [3.63, 3.8) is 0 Å². The van der Waals surface area contributed by atoms with E-state index >= 15 is 0 Å². The molecule has 0 saturated heterocycles. The molecule has 0 bridgehead atoms. The van der Waals surface area contributed by atoms with E-state index in [2.05, 4.69) is 87.9 Å². The molecule has 1 heterocycles. The van der Waals surface area contributed by atoms with Gasteiger partial charge in [-0.05, 0) is 44.1 Å². The molecule has 0 spiro atoms. The summed E-state index contributed by atoms with van der Waals surface area (Å²) in [6.07, 6.45) is 7.26.